The largest absolute Gasteiger partial charge is 0.400 e. The van der Waals surface area contributed by atoms with Gasteiger partial charge in [0, 0.05) is 0 Å². The molecule has 1 aromatic heterocycles. The van der Waals surface area contributed by atoms with Gasteiger partial charge < -0.3 is 10.1 Å². The predicted octanol–water partition coefficient (Wildman–Crippen LogP) is 1.71. The van der Waals surface area contributed by atoms with Crippen molar-refractivity contribution in [2.75, 3.05) is 0 Å². The zero-order chi connectivity index (χ0) is 12.3. The number of nitrogens with zero attached hydrogens (tertiary/aromatic N) is 4. The molecule has 1 heterocycles. The zero-order valence-electron chi connectivity index (χ0n) is 8.78. The fraction of sp³-hybridized carbons (Fsp3) is 0.0909. The van der Waals surface area contributed by atoms with E-state index in [0.29, 0.717) is 6.54 Å². The minimum atomic E-state index is -0.653. The molecule has 0 N–H and O–H groups in total. The van der Waals surface area contributed by atoms with Gasteiger partial charge in [-0.15, -0.1) is 0 Å². The fourth-order valence-corrected chi connectivity index (χ4v) is 1.52. The number of imidazole rings is 1. The molecular weight excluding hydrogens is 220 g/mol. The minimum Gasteiger partial charge on any atom is -0.358 e. The minimum absolute atomic E-state index is 0.0288. The molecule has 0 unspecified atom stereocenters. The zero-order valence-corrected chi connectivity index (χ0v) is 8.78. The molecular formula is C11H8N4O2. The van der Waals surface area contributed by atoms with Crippen LogP contribution >= 0.6 is 0 Å². The van der Waals surface area contributed by atoms with Crippen LogP contribution in [0.2, 0.25) is 0 Å². The second-order valence-corrected chi connectivity index (χ2v) is 3.40. The van der Waals surface area contributed by atoms with E-state index in [4.69, 9.17) is 5.26 Å². The van der Waals surface area contributed by atoms with Crippen molar-refractivity contribution in [1.82, 2.24) is 9.55 Å². The number of nitriles is 1. The summed E-state index contributed by atoms with van der Waals surface area (Å²) in [7, 11) is 0. The molecule has 2 rings (SSSR count). The standard InChI is InChI=1S/C11H8N4O2/c12-6-10-11(15(16)17)13-8-14(10)7-9-4-2-1-3-5-9/h1-5,8H,7H2. The van der Waals surface area contributed by atoms with Gasteiger partial charge in [0.25, 0.3) is 0 Å². The molecule has 1 aromatic carbocycles. The molecule has 0 aliphatic rings. The molecule has 0 saturated carbocycles. The van der Waals surface area contributed by atoms with Crippen LogP contribution in [0.3, 0.4) is 0 Å². The fourth-order valence-electron chi connectivity index (χ4n) is 1.52. The van der Waals surface area contributed by atoms with E-state index in [2.05, 4.69) is 4.98 Å². The van der Waals surface area contributed by atoms with Crippen molar-refractivity contribution in [2.45, 2.75) is 6.54 Å². The van der Waals surface area contributed by atoms with E-state index in [1.54, 1.807) is 6.07 Å². The van der Waals surface area contributed by atoms with Crippen LogP contribution in [-0.4, -0.2) is 14.5 Å². The summed E-state index contributed by atoms with van der Waals surface area (Å²) in [5, 5.41) is 19.5. The highest BCUT2D eigenvalue weighted by Gasteiger charge is 2.21. The first-order valence-electron chi connectivity index (χ1n) is 4.86. The van der Waals surface area contributed by atoms with Gasteiger partial charge in [0.15, 0.2) is 0 Å². The topological polar surface area (TPSA) is 84.8 Å². The number of aromatic nitrogens is 2. The third kappa shape index (κ3) is 2.13. The molecule has 17 heavy (non-hydrogen) atoms. The second-order valence-electron chi connectivity index (χ2n) is 3.40. The first-order chi connectivity index (χ1) is 8.22. The maximum absolute atomic E-state index is 10.6. The molecule has 0 saturated heterocycles. The molecule has 0 bridgehead atoms. The van der Waals surface area contributed by atoms with Gasteiger partial charge in [-0.05, 0) is 15.5 Å². The first kappa shape index (κ1) is 10.8. The summed E-state index contributed by atoms with van der Waals surface area (Å²) in [5.41, 5.74) is 0.926. The lowest BCUT2D eigenvalue weighted by Crippen LogP contribution is -2.02. The second kappa shape index (κ2) is 4.45. The lowest BCUT2D eigenvalue weighted by molar-refractivity contribution is -0.389. The summed E-state index contributed by atoms with van der Waals surface area (Å²) in [6, 6.07) is 11.2. The summed E-state index contributed by atoms with van der Waals surface area (Å²) < 4.78 is 1.47. The van der Waals surface area contributed by atoms with Crippen LogP contribution in [0.5, 0.6) is 0 Å². The van der Waals surface area contributed by atoms with Crippen molar-refractivity contribution in [2.24, 2.45) is 0 Å². The lowest BCUT2D eigenvalue weighted by Gasteiger charge is -2.01. The number of rotatable bonds is 3. The van der Waals surface area contributed by atoms with Crippen molar-refractivity contribution in [3.63, 3.8) is 0 Å². The van der Waals surface area contributed by atoms with E-state index in [0.717, 1.165) is 5.56 Å². The molecule has 6 heteroatoms. The number of hydrogen-bond donors (Lipinski definition) is 0. The average Bonchev–Trinajstić information content (AvgIpc) is 2.73. The molecule has 0 spiro atoms. The molecule has 2 aromatic rings. The van der Waals surface area contributed by atoms with Crippen LogP contribution < -0.4 is 0 Å². The Morgan fingerprint density at radius 1 is 1.41 bits per heavy atom. The van der Waals surface area contributed by atoms with E-state index >= 15 is 0 Å². The third-order valence-electron chi connectivity index (χ3n) is 2.29. The Kier molecular flexibility index (Phi) is 2.83. The molecule has 0 fully saturated rings. The van der Waals surface area contributed by atoms with Gasteiger partial charge in [-0.25, -0.2) is 0 Å². The van der Waals surface area contributed by atoms with E-state index in [1.165, 1.54) is 10.9 Å². The Hall–Kier alpha value is -2.68. The van der Waals surface area contributed by atoms with E-state index in [9.17, 15) is 10.1 Å². The van der Waals surface area contributed by atoms with Gasteiger partial charge in [0.2, 0.25) is 12.0 Å². The van der Waals surface area contributed by atoms with Gasteiger partial charge in [0.05, 0.1) is 6.54 Å². The maximum Gasteiger partial charge on any atom is 0.400 e. The predicted molar refractivity (Wildman–Crippen MR) is 59.1 cm³/mol. The molecule has 0 atom stereocenters. The highest BCUT2D eigenvalue weighted by molar-refractivity contribution is 5.38. The Labute approximate surface area is 96.9 Å². The van der Waals surface area contributed by atoms with Gasteiger partial charge in [-0.2, -0.15) is 5.26 Å². The van der Waals surface area contributed by atoms with Crippen molar-refractivity contribution in [3.05, 3.63) is 58.0 Å². The Morgan fingerprint density at radius 2 is 2.12 bits per heavy atom. The normalized spacial score (nSPS) is 9.82. The number of benzene rings is 1. The molecule has 0 radical (unpaired) electrons. The van der Waals surface area contributed by atoms with Crippen LogP contribution in [0.1, 0.15) is 11.3 Å². The van der Waals surface area contributed by atoms with Crippen molar-refractivity contribution in [3.8, 4) is 6.07 Å². The molecule has 0 aliphatic heterocycles. The Balaban J connectivity index is 2.35. The van der Waals surface area contributed by atoms with Crippen LogP contribution in [0.4, 0.5) is 5.82 Å². The van der Waals surface area contributed by atoms with E-state index in [-0.39, 0.29) is 5.69 Å². The highest BCUT2D eigenvalue weighted by Crippen LogP contribution is 2.16. The van der Waals surface area contributed by atoms with Crippen LogP contribution in [0.15, 0.2) is 36.7 Å². The van der Waals surface area contributed by atoms with Gasteiger partial charge in [0.1, 0.15) is 6.07 Å². The summed E-state index contributed by atoms with van der Waals surface area (Å²) >= 11 is 0. The Bertz CT molecular complexity index is 583. The quantitative estimate of drug-likeness (QED) is 0.591. The molecule has 6 nitrogen and oxygen atoms in total. The summed E-state index contributed by atoms with van der Waals surface area (Å²) in [5.74, 6) is -0.400. The summed E-state index contributed by atoms with van der Waals surface area (Å²) in [4.78, 5) is 13.6. The highest BCUT2D eigenvalue weighted by atomic mass is 16.6. The van der Waals surface area contributed by atoms with Gasteiger partial charge in [-0.3, -0.25) is 4.57 Å². The van der Waals surface area contributed by atoms with Crippen LogP contribution in [-0.2, 0) is 6.54 Å². The van der Waals surface area contributed by atoms with Crippen LogP contribution in [0, 0.1) is 21.4 Å². The first-order valence-corrected chi connectivity index (χ1v) is 4.86. The average molecular weight is 228 g/mol. The van der Waals surface area contributed by atoms with Gasteiger partial charge >= 0.3 is 5.82 Å². The summed E-state index contributed by atoms with van der Waals surface area (Å²) in [6.45, 7) is 0.393. The molecule has 0 aliphatic carbocycles. The number of hydrogen-bond acceptors (Lipinski definition) is 4. The van der Waals surface area contributed by atoms with E-state index < -0.39 is 10.7 Å². The van der Waals surface area contributed by atoms with Gasteiger partial charge in [-0.1, -0.05) is 30.3 Å². The lowest BCUT2D eigenvalue weighted by atomic mass is 10.2. The summed E-state index contributed by atoms with van der Waals surface area (Å²) in [6.07, 6.45) is 1.31. The molecule has 84 valence electrons. The van der Waals surface area contributed by atoms with E-state index in [1.807, 2.05) is 30.3 Å². The Morgan fingerprint density at radius 3 is 2.71 bits per heavy atom. The van der Waals surface area contributed by atoms with Crippen LogP contribution in [0.25, 0.3) is 0 Å². The van der Waals surface area contributed by atoms with Crippen molar-refractivity contribution >= 4 is 5.82 Å². The van der Waals surface area contributed by atoms with Crippen molar-refractivity contribution in [1.29, 1.82) is 5.26 Å². The number of nitro groups is 1. The smallest absolute Gasteiger partial charge is 0.358 e. The third-order valence-corrected chi connectivity index (χ3v) is 2.29. The SMILES string of the molecule is N#Cc1c([N+](=O)[O-])ncn1Cc1ccccc1. The monoisotopic (exact) mass is 228 g/mol. The van der Waals surface area contributed by atoms with Crippen molar-refractivity contribution < 1.29 is 4.92 Å². The molecule has 0 amide bonds. The maximum atomic E-state index is 10.6.